The second-order valence-electron chi connectivity index (χ2n) is 5.44. The molecule has 0 radical (unpaired) electrons. The SMILES string of the molecule is N#Cc1c(-c2ccc3c(c2)OCO3)ccnc1OCc1nc(CN)cs1. The van der Waals surface area contributed by atoms with Crippen LogP contribution in [0, 0.1) is 11.3 Å². The Bertz CT molecular complexity index is 996. The van der Waals surface area contributed by atoms with E-state index in [1.54, 1.807) is 12.3 Å². The van der Waals surface area contributed by atoms with Crippen molar-refractivity contribution in [1.82, 2.24) is 9.97 Å². The molecule has 7 nitrogen and oxygen atoms in total. The lowest BCUT2D eigenvalue weighted by molar-refractivity contribution is 0.174. The van der Waals surface area contributed by atoms with Gasteiger partial charge in [0.2, 0.25) is 12.7 Å². The number of thiazole rings is 1. The number of fused-ring (bicyclic) bond motifs is 1. The van der Waals surface area contributed by atoms with E-state index in [9.17, 15) is 5.26 Å². The van der Waals surface area contributed by atoms with Gasteiger partial charge in [-0.3, -0.25) is 0 Å². The fraction of sp³-hybridized carbons (Fsp3) is 0.167. The maximum Gasteiger partial charge on any atom is 0.232 e. The van der Waals surface area contributed by atoms with Gasteiger partial charge in [0.25, 0.3) is 0 Å². The van der Waals surface area contributed by atoms with Crippen molar-refractivity contribution < 1.29 is 14.2 Å². The molecular weight excluding hydrogens is 352 g/mol. The first-order chi connectivity index (χ1) is 12.8. The highest BCUT2D eigenvalue weighted by Gasteiger charge is 2.18. The standard InChI is InChI=1S/C18H14N4O3S/c19-6-12-9-26-17(22-12)8-23-18-14(7-20)13(3-4-21-18)11-1-2-15-16(5-11)25-10-24-15/h1-5,9H,6,8,10,19H2. The van der Waals surface area contributed by atoms with Crippen LogP contribution < -0.4 is 19.9 Å². The molecule has 0 saturated heterocycles. The Balaban J connectivity index is 1.62. The maximum atomic E-state index is 9.64. The van der Waals surface area contributed by atoms with Crippen molar-refractivity contribution in [2.24, 2.45) is 5.73 Å². The van der Waals surface area contributed by atoms with Crippen LogP contribution in [0.5, 0.6) is 17.4 Å². The minimum absolute atomic E-state index is 0.202. The summed E-state index contributed by atoms with van der Waals surface area (Å²) in [6.45, 7) is 0.821. The molecule has 0 spiro atoms. The third kappa shape index (κ3) is 3.06. The highest BCUT2D eigenvalue weighted by Crippen LogP contribution is 2.37. The van der Waals surface area contributed by atoms with Gasteiger partial charge in [0.15, 0.2) is 11.5 Å². The van der Waals surface area contributed by atoms with Gasteiger partial charge in [0.1, 0.15) is 23.2 Å². The number of ether oxygens (including phenoxy) is 3. The van der Waals surface area contributed by atoms with E-state index in [-0.39, 0.29) is 19.3 Å². The molecule has 1 aromatic carbocycles. The summed E-state index contributed by atoms with van der Waals surface area (Å²) in [5.41, 5.74) is 8.30. The Kier molecular flexibility index (Phi) is 4.39. The molecule has 0 amide bonds. The molecule has 0 unspecified atom stereocenters. The van der Waals surface area contributed by atoms with Crippen LogP contribution in [0.1, 0.15) is 16.3 Å². The first-order valence-electron chi connectivity index (χ1n) is 7.83. The minimum atomic E-state index is 0.202. The van der Waals surface area contributed by atoms with E-state index in [2.05, 4.69) is 16.0 Å². The average molecular weight is 366 g/mol. The van der Waals surface area contributed by atoms with Crippen LogP contribution in [0.3, 0.4) is 0 Å². The first-order valence-corrected chi connectivity index (χ1v) is 8.71. The van der Waals surface area contributed by atoms with Gasteiger partial charge < -0.3 is 19.9 Å². The average Bonchev–Trinajstić information content (AvgIpc) is 3.34. The summed E-state index contributed by atoms with van der Waals surface area (Å²) in [4.78, 5) is 8.55. The van der Waals surface area contributed by atoms with Gasteiger partial charge in [0.05, 0.1) is 5.69 Å². The number of rotatable bonds is 5. The van der Waals surface area contributed by atoms with E-state index in [0.717, 1.165) is 21.8 Å². The normalized spacial score (nSPS) is 12.0. The van der Waals surface area contributed by atoms with Crippen LogP contribution in [0.2, 0.25) is 0 Å². The van der Waals surface area contributed by atoms with E-state index in [4.69, 9.17) is 19.9 Å². The third-order valence-corrected chi connectivity index (χ3v) is 4.72. The Hall–Kier alpha value is -3.15. The van der Waals surface area contributed by atoms with E-state index in [0.29, 0.717) is 23.6 Å². The van der Waals surface area contributed by atoms with Crippen molar-refractivity contribution >= 4 is 11.3 Å². The molecule has 0 fully saturated rings. The fourth-order valence-corrected chi connectivity index (χ4v) is 3.32. The number of benzene rings is 1. The molecule has 0 saturated carbocycles. The van der Waals surface area contributed by atoms with Crippen LogP contribution in [0.15, 0.2) is 35.8 Å². The molecule has 8 heteroatoms. The molecule has 0 bridgehead atoms. The molecule has 0 atom stereocenters. The van der Waals surface area contributed by atoms with Gasteiger partial charge in [0, 0.05) is 23.7 Å². The molecule has 4 rings (SSSR count). The highest BCUT2D eigenvalue weighted by molar-refractivity contribution is 7.09. The van der Waals surface area contributed by atoms with Crippen molar-refractivity contribution in [3.05, 3.63) is 52.1 Å². The largest absolute Gasteiger partial charge is 0.469 e. The monoisotopic (exact) mass is 366 g/mol. The predicted molar refractivity (Wildman–Crippen MR) is 94.8 cm³/mol. The summed E-state index contributed by atoms with van der Waals surface area (Å²) < 4.78 is 16.5. The van der Waals surface area contributed by atoms with Crippen LogP contribution in [-0.2, 0) is 13.2 Å². The number of aromatic nitrogens is 2. The number of nitriles is 1. The Labute approximate surface area is 153 Å². The van der Waals surface area contributed by atoms with Gasteiger partial charge in [-0.15, -0.1) is 11.3 Å². The molecule has 1 aliphatic heterocycles. The van der Waals surface area contributed by atoms with Crippen LogP contribution >= 0.6 is 11.3 Å². The number of nitrogens with zero attached hydrogens (tertiary/aromatic N) is 3. The summed E-state index contributed by atoms with van der Waals surface area (Å²) in [7, 11) is 0. The molecule has 2 N–H and O–H groups in total. The van der Waals surface area contributed by atoms with Gasteiger partial charge in [-0.2, -0.15) is 5.26 Å². The zero-order valence-corrected chi connectivity index (χ0v) is 14.5. The van der Waals surface area contributed by atoms with E-state index < -0.39 is 0 Å². The molecule has 3 heterocycles. The van der Waals surface area contributed by atoms with E-state index in [1.807, 2.05) is 23.6 Å². The summed E-state index contributed by atoms with van der Waals surface area (Å²) >= 11 is 1.46. The minimum Gasteiger partial charge on any atom is -0.469 e. The van der Waals surface area contributed by atoms with Gasteiger partial charge >= 0.3 is 0 Å². The topological polar surface area (TPSA) is 103 Å². The predicted octanol–water partition coefficient (Wildman–Crippen LogP) is 2.84. The van der Waals surface area contributed by atoms with Gasteiger partial charge in [-0.25, -0.2) is 9.97 Å². The summed E-state index contributed by atoms with van der Waals surface area (Å²) in [5.74, 6) is 1.62. The quantitative estimate of drug-likeness (QED) is 0.740. The zero-order valence-electron chi connectivity index (χ0n) is 13.6. The Morgan fingerprint density at radius 3 is 2.96 bits per heavy atom. The molecule has 3 aromatic rings. The van der Waals surface area contributed by atoms with Gasteiger partial charge in [-0.05, 0) is 23.8 Å². The van der Waals surface area contributed by atoms with Gasteiger partial charge in [-0.1, -0.05) is 6.07 Å². The summed E-state index contributed by atoms with van der Waals surface area (Å²) in [6.07, 6.45) is 1.61. The van der Waals surface area contributed by atoms with E-state index >= 15 is 0 Å². The smallest absolute Gasteiger partial charge is 0.232 e. The molecule has 2 aromatic heterocycles. The summed E-state index contributed by atoms with van der Waals surface area (Å²) in [5, 5.41) is 12.3. The third-order valence-electron chi connectivity index (χ3n) is 3.85. The number of nitrogens with two attached hydrogens (primary N) is 1. The molecule has 1 aliphatic rings. The highest BCUT2D eigenvalue weighted by atomic mass is 32.1. The Morgan fingerprint density at radius 1 is 1.27 bits per heavy atom. The molecule has 0 aliphatic carbocycles. The summed E-state index contributed by atoms with van der Waals surface area (Å²) in [6, 6.07) is 9.51. The van der Waals surface area contributed by atoms with Crippen molar-refractivity contribution in [2.75, 3.05) is 6.79 Å². The van der Waals surface area contributed by atoms with E-state index in [1.165, 1.54) is 11.3 Å². The van der Waals surface area contributed by atoms with Crippen molar-refractivity contribution in [3.8, 4) is 34.6 Å². The zero-order chi connectivity index (χ0) is 17.9. The lowest BCUT2D eigenvalue weighted by atomic mass is 10.0. The fourth-order valence-electron chi connectivity index (χ4n) is 2.60. The van der Waals surface area contributed by atoms with Crippen LogP contribution in [0.4, 0.5) is 0 Å². The lowest BCUT2D eigenvalue weighted by Gasteiger charge is -2.10. The number of hydrogen-bond donors (Lipinski definition) is 1. The molecule has 130 valence electrons. The van der Waals surface area contributed by atoms with Crippen molar-refractivity contribution in [3.63, 3.8) is 0 Å². The van der Waals surface area contributed by atoms with Crippen LogP contribution in [-0.4, -0.2) is 16.8 Å². The van der Waals surface area contributed by atoms with Crippen molar-refractivity contribution in [1.29, 1.82) is 5.26 Å². The number of pyridine rings is 1. The maximum absolute atomic E-state index is 9.64. The molecule has 26 heavy (non-hydrogen) atoms. The van der Waals surface area contributed by atoms with Crippen molar-refractivity contribution in [2.45, 2.75) is 13.2 Å². The second kappa shape index (κ2) is 7.00. The first kappa shape index (κ1) is 16.3. The lowest BCUT2D eigenvalue weighted by Crippen LogP contribution is -2.02. The van der Waals surface area contributed by atoms with Crippen LogP contribution in [0.25, 0.3) is 11.1 Å². The second-order valence-corrected chi connectivity index (χ2v) is 6.39. The number of hydrogen-bond acceptors (Lipinski definition) is 8. The molecular formula is C18H14N4O3S. The Morgan fingerprint density at radius 2 is 2.15 bits per heavy atom.